The van der Waals surface area contributed by atoms with Crippen molar-refractivity contribution >= 4 is 0 Å². The van der Waals surface area contributed by atoms with Gasteiger partial charge in [-0.3, -0.25) is 0 Å². The highest BCUT2D eigenvalue weighted by Gasteiger charge is 1.87. The summed E-state index contributed by atoms with van der Waals surface area (Å²) in [5, 5.41) is 0. The van der Waals surface area contributed by atoms with Crippen LogP contribution in [0.5, 0.6) is 0 Å². The van der Waals surface area contributed by atoms with Crippen LogP contribution in [0, 0.1) is 0 Å². The Morgan fingerprint density at radius 1 is 0.350 bits per heavy atom. The molecule has 0 aliphatic carbocycles. The first kappa shape index (κ1) is 36.4. The van der Waals surface area contributed by atoms with E-state index in [0.717, 1.165) is 12.8 Å². The van der Waals surface area contributed by atoms with E-state index in [1.807, 2.05) is 0 Å². The fourth-order valence-electron chi connectivity index (χ4n) is 3.18. The van der Waals surface area contributed by atoms with Crippen LogP contribution in [0.15, 0.2) is 166 Å². The average molecular weight is 535 g/mol. The van der Waals surface area contributed by atoms with Crippen molar-refractivity contribution < 1.29 is 0 Å². The van der Waals surface area contributed by atoms with Crippen LogP contribution in [-0.4, -0.2) is 0 Å². The largest absolute Gasteiger partial charge is 0.0856 e. The number of hydrogen-bond donors (Lipinski definition) is 0. The second-order valence-electron chi connectivity index (χ2n) is 10.8. The SMILES string of the molecule is CC(C)=C/C=C/C(C)=C/C=C/C(C)=C/C=C/C(C)=C/C=C/C=C(C)/C=C/C=C(C)/C=C/C=C(\C)CCC=C(C)C. The second-order valence-corrected chi connectivity index (χ2v) is 10.8. The lowest BCUT2D eigenvalue weighted by Gasteiger charge is -1.96. The second kappa shape index (κ2) is 23.3. The van der Waals surface area contributed by atoms with E-state index in [9.17, 15) is 0 Å². The van der Waals surface area contributed by atoms with Crippen molar-refractivity contribution in [2.24, 2.45) is 0 Å². The van der Waals surface area contributed by atoms with E-state index < -0.39 is 0 Å². The van der Waals surface area contributed by atoms with Gasteiger partial charge in [-0.25, -0.2) is 0 Å². The molecule has 0 atom stereocenters. The van der Waals surface area contributed by atoms with E-state index in [-0.39, 0.29) is 0 Å². The zero-order valence-corrected chi connectivity index (χ0v) is 27.0. The first-order valence-electron chi connectivity index (χ1n) is 14.3. The van der Waals surface area contributed by atoms with E-state index in [4.69, 9.17) is 0 Å². The highest BCUT2D eigenvalue weighted by Crippen LogP contribution is 2.08. The molecule has 40 heavy (non-hydrogen) atoms. The first-order chi connectivity index (χ1) is 19.0. The maximum Gasteiger partial charge on any atom is -0.0285 e. The maximum absolute atomic E-state index is 2.30. The predicted octanol–water partition coefficient (Wildman–Crippen LogP) is 12.7. The van der Waals surface area contributed by atoms with Gasteiger partial charge >= 0.3 is 0 Å². The average Bonchev–Trinajstić information content (AvgIpc) is 2.86. The zero-order valence-electron chi connectivity index (χ0n) is 27.0. The lowest BCUT2D eigenvalue weighted by molar-refractivity contribution is 0.967. The van der Waals surface area contributed by atoms with Crippen LogP contribution in [0.25, 0.3) is 0 Å². The summed E-state index contributed by atoms with van der Waals surface area (Å²) in [6.07, 6.45) is 44.9. The van der Waals surface area contributed by atoms with Gasteiger partial charge in [0.1, 0.15) is 0 Å². The van der Waals surface area contributed by atoms with Crippen LogP contribution in [0.2, 0.25) is 0 Å². The van der Waals surface area contributed by atoms with Gasteiger partial charge in [0.05, 0.1) is 0 Å². The van der Waals surface area contributed by atoms with Gasteiger partial charge in [-0.1, -0.05) is 166 Å². The molecule has 0 unspecified atom stereocenters. The normalized spacial score (nSPS) is 15.2. The van der Waals surface area contributed by atoms with Gasteiger partial charge in [-0.2, -0.15) is 0 Å². The molecule has 0 aliphatic rings. The van der Waals surface area contributed by atoms with Crippen molar-refractivity contribution in [3.05, 3.63) is 166 Å². The lowest BCUT2D eigenvalue weighted by Crippen LogP contribution is -1.76. The molecular formula is C40H54. The molecule has 0 aromatic heterocycles. The Morgan fingerprint density at radius 2 is 0.675 bits per heavy atom. The van der Waals surface area contributed by atoms with Gasteiger partial charge in [0.15, 0.2) is 0 Å². The molecular weight excluding hydrogens is 480 g/mol. The standard InChI is InChI=1S/C40H54/c1-33(2)19-13-23-37(7)27-17-31-39(9)29-15-25-35(5)21-11-12-22-36(6)26-16-30-40(10)32-18-28-38(8)24-14-20-34(3)4/h11-13,15-23,25-32H,14,24H2,1-10H3/b12-11+,23-13+,25-15+,26-16+,31-17+,32-18+,35-21+,36-22+,37-27+,38-28+,39-29+,40-30+. The van der Waals surface area contributed by atoms with Crippen molar-refractivity contribution in [2.45, 2.75) is 82.1 Å². The third kappa shape index (κ3) is 24.7. The van der Waals surface area contributed by atoms with Crippen molar-refractivity contribution in [3.63, 3.8) is 0 Å². The van der Waals surface area contributed by atoms with Crippen molar-refractivity contribution in [1.82, 2.24) is 0 Å². The topological polar surface area (TPSA) is 0 Å². The van der Waals surface area contributed by atoms with Crippen LogP contribution in [-0.2, 0) is 0 Å². The summed E-state index contributed by atoms with van der Waals surface area (Å²) in [4.78, 5) is 0. The molecule has 0 N–H and O–H groups in total. The van der Waals surface area contributed by atoms with E-state index in [2.05, 4.69) is 191 Å². The molecule has 0 heteroatoms. The van der Waals surface area contributed by atoms with Crippen LogP contribution in [0.4, 0.5) is 0 Å². The first-order valence-corrected chi connectivity index (χ1v) is 14.3. The highest BCUT2D eigenvalue weighted by atomic mass is 13.9. The van der Waals surface area contributed by atoms with E-state index >= 15 is 0 Å². The number of rotatable bonds is 15. The predicted molar refractivity (Wildman–Crippen MR) is 185 cm³/mol. The third-order valence-electron chi connectivity index (χ3n) is 5.60. The van der Waals surface area contributed by atoms with E-state index in [1.54, 1.807) is 0 Å². The molecule has 0 spiro atoms. The quantitative estimate of drug-likeness (QED) is 0.145. The lowest BCUT2D eigenvalue weighted by atomic mass is 10.1. The number of hydrogen-bond acceptors (Lipinski definition) is 0. The van der Waals surface area contributed by atoms with Gasteiger partial charge in [0.25, 0.3) is 0 Å². The molecule has 0 fully saturated rings. The molecule has 0 saturated carbocycles. The molecule has 0 saturated heterocycles. The fraction of sp³-hybridized carbons (Fsp3) is 0.300. The fourth-order valence-corrected chi connectivity index (χ4v) is 3.18. The molecule has 0 aromatic carbocycles. The monoisotopic (exact) mass is 534 g/mol. The van der Waals surface area contributed by atoms with Gasteiger partial charge < -0.3 is 0 Å². The minimum Gasteiger partial charge on any atom is -0.0856 e. The van der Waals surface area contributed by atoms with Crippen LogP contribution in [0.1, 0.15) is 82.1 Å². The van der Waals surface area contributed by atoms with E-state index in [0.29, 0.717) is 0 Å². The Hall–Kier alpha value is -3.64. The van der Waals surface area contributed by atoms with Crippen LogP contribution < -0.4 is 0 Å². The Balaban J connectivity index is 4.75. The number of allylic oxidation sites excluding steroid dienone is 28. The summed E-state index contributed by atoms with van der Waals surface area (Å²) in [6.45, 7) is 21.3. The van der Waals surface area contributed by atoms with E-state index in [1.165, 1.54) is 44.6 Å². The molecule has 0 amide bonds. The van der Waals surface area contributed by atoms with Crippen molar-refractivity contribution in [3.8, 4) is 0 Å². The van der Waals surface area contributed by atoms with Crippen molar-refractivity contribution in [2.75, 3.05) is 0 Å². The highest BCUT2D eigenvalue weighted by molar-refractivity contribution is 5.33. The van der Waals surface area contributed by atoms with Crippen molar-refractivity contribution in [1.29, 1.82) is 0 Å². The zero-order chi connectivity index (χ0) is 30.2. The summed E-state index contributed by atoms with van der Waals surface area (Å²) < 4.78 is 0. The maximum atomic E-state index is 2.30. The Bertz CT molecular complexity index is 1180. The van der Waals surface area contributed by atoms with Gasteiger partial charge in [-0.05, 0) is 82.1 Å². The molecule has 0 aliphatic heterocycles. The molecule has 0 bridgehead atoms. The minimum absolute atomic E-state index is 1.11. The summed E-state index contributed by atoms with van der Waals surface area (Å²) in [5.74, 6) is 0. The third-order valence-corrected chi connectivity index (χ3v) is 5.60. The van der Waals surface area contributed by atoms with Gasteiger partial charge in [0.2, 0.25) is 0 Å². The smallest absolute Gasteiger partial charge is 0.0285 e. The summed E-state index contributed by atoms with van der Waals surface area (Å²) in [7, 11) is 0. The molecule has 0 radical (unpaired) electrons. The molecule has 214 valence electrons. The Kier molecular flexibility index (Phi) is 21.1. The van der Waals surface area contributed by atoms with Gasteiger partial charge in [0, 0.05) is 0 Å². The molecule has 0 heterocycles. The minimum atomic E-state index is 1.11. The molecule has 0 nitrogen and oxygen atoms in total. The van der Waals surface area contributed by atoms with Crippen LogP contribution >= 0.6 is 0 Å². The summed E-state index contributed by atoms with van der Waals surface area (Å²) in [6, 6.07) is 0. The summed E-state index contributed by atoms with van der Waals surface area (Å²) >= 11 is 0. The van der Waals surface area contributed by atoms with Gasteiger partial charge in [-0.15, -0.1) is 0 Å². The summed E-state index contributed by atoms with van der Waals surface area (Å²) in [5.41, 5.74) is 10.2. The molecule has 0 aromatic rings. The molecule has 0 rings (SSSR count). The van der Waals surface area contributed by atoms with Crippen LogP contribution in [0.3, 0.4) is 0 Å². The Labute approximate surface area is 247 Å². The Morgan fingerprint density at radius 3 is 1.02 bits per heavy atom.